The molecular formula is C20H16F3N3O2. The number of carbonyl (C=O) groups excluding carboxylic acids is 1. The smallest absolute Gasteiger partial charge is 0.339 e. The molecule has 1 fully saturated rings. The Bertz CT molecular complexity index is 992. The number of aromatic nitrogens is 2. The highest BCUT2D eigenvalue weighted by molar-refractivity contribution is 6.04. The normalized spacial score (nSPS) is 14.5. The Balaban J connectivity index is 1.49. The molecule has 1 heterocycles. The van der Waals surface area contributed by atoms with E-state index in [1.54, 1.807) is 24.3 Å². The molecule has 0 bridgehead atoms. The number of nitrogens with zero attached hydrogens (tertiary/aromatic N) is 2. The first-order chi connectivity index (χ1) is 13.4. The number of halogens is 3. The van der Waals surface area contributed by atoms with Crippen LogP contribution in [0.1, 0.15) is 47.0 Å². The van der Waals surface area contributed by atoms with Gasteiger partial charge in [0.05, 0.1) is 5.56 Å². The summed E-state index contributed by atoms with van der Waals surface area (Å²) in [6.45, 7) is 0. The molecule has 1 saturated carbocycles. The van der Waals surface area contributed by atoms with E-state index in [2.05, 4.69) is 15.5 Å². The second-order valence-corrected chi connectivity index (χ2v) is 6.69. The molecule has 8 heteroatoms. The van der Waals surface area contributed by atoms with E-state index in [4.69, 9.17) is 4.52 Å². The molecule has 0 unspecified atom stereocenters. The van der Waals surface area contributed by atoms with Gasteiger partial charge in [-0.2, -0.15) is 18.2 Å². The van der Waals surface area contributed by atoms with Crippen LogP contribution in [0.2, 0.25) is 0 Å². The zero-order chi connectivity index (χ0) is 19.7. The molecule has 0 atom stereocenters. The van der Waals surface area contributed by atoms with Crippen molar-refractivity contribution in [1.82, 2.24) is 10.1 Å². The first kappa shape index (κ1) is 18.2. The van der Waals surface area contributed by atoms with Gasteiger partial charge < -0.3 is 9.84 Å². The van der Waals surface area contributed by atoms with Crippen LogP contribution in [0.4, 0.5) is 18.9 Å². The van der Waals surface area contributed by atoms with Crippen LogP contribution in [-0.4, -0.2) is 16.0 Å². The minimum absolute atomic E-state index is 0.273. The Morgan fingerprint density at radius 2 is 1.86 bits per heavy atom. The monoisotopic (exact) mass is 387 g/mol. The van der Waals surface area contributed by atoms with Crippen molar-refractivity contribution in [3.63, 3.8) is 0 Å². The number of alkyl halides is 3. The number of hydrogen-bond donors (Lipinski definition) is 1. The van der Waals surface area contributed by atoms with Gasteiger partial charge in [-0.15, -0.1) is 0 Å². The molecule has 3 aromatic rings. The van der Waals surface area contributed by atoms with E-state index in [1.807, 2.05) is 0 Å². The molecule has 28 heavy (non-hydrogen) atoms. The average Bonchev–Trinajstić information content (AvgIpc) is 3.09. The molecule has 4 rings (SSSR count). The summed E-state index contributed by atoms with van der Waals surface area (Å²) in [5.74, 6) is 0.892. The zero-order valence-electron chi connectivity index (χ0n) is 14.7. The lowest BCUT2D eigenvalue weighted by Crippen LogP contribution is -2.12. The van der Waals surface area contributed by atoms with E-state index < -0.39 is 17.6 Å². The van der Waals surface area contributed by atoms with Gasteiger partial charge in [-0.1, -0.05) is 23.7 Å². The topological polar surface area (TPSA) is 68.0 Å². The summed E-state index contributed by atoms with van der Waals surface area (Å²) in [5, 5.41) is 6.57. The van der Waals surface area contributed by atoms with Gasteiger partial charge >= 0.3 is 6.18 Å². The summed E-state index contributed by atoms with van der Waals surface area (Å²) < 4.78 is 43.2. The van der Waals surface area contributed by atoms with Crippen molar-refractivity contribution in [1.29, 1.82) is 0 Å². The molecular weight excluding hydrogens is 371 g/mol. The highest BCUT2D eigenvalue weighted by atomic mass is 19.4. The van der Waals surface area contributed by atoms with Crippen LogP contribution in [0.5, 0.6) is 0 Å². The summed E-state index contributed by atoms with van der Waals surface area (Å²) in [7, 11) is 0. The van der Waals surface area contributed by atoms with Crippen LogP contribution in [0.3, 0.4) is 0 Å². The molecule has 1 amide bonds. The molecule has 0 radical (unpaired) electrons. The van der Waals surface area contributed by atoms with Gasteiger partial charge in [-0.05, 0) is 49.2 Å². The SMILES string of the molecule is O=C(Nc1ccc(C(F)(F)F)cc1)c1cccc(-c2noc(C3CCC3)n2)c1. The van der Waals surface area contributed by atoms with Crippen molar-refractivity contribution < 1.29 is 22.5 Å². The van der Waals surface area contributed by atoms with Crippen LogP contribution < -0.4 is 5.32 Å². The van der Waals surface area contributed by atoms with E-state index in [-0.39, 0.29) is 5.69 Å². The Morgan fingerprint density at radius 1 is 1.11 bits per heavy atom. The number of hydrogen-bond acceptors (Lipinski definition) is 4. The van der Waals surface area contributed by atoms with Crippen LogP contribution in [0.15, 0.2) is 53.1 Å². The summed E-state index contributed by atoms with van der Waals surface area (Å²) in [6, 6.07) is 11.0. The molecule has 0 spiro atoms. The molecule has 2 aromatic carbocycles. The fraction of sp³-hybridized carbons (Fsp3) is 0.250. The van der Waals surface area contributed by atoms with Crippen LogP contribution >= 0.6 is 0 Å². The van der Waals surface area contributed by atoms with Crippen molar-refractivity contribution in [3.8, 4) is 11.4 Å². The third kappa shape index (κ3) is 3.76. The third-order valence-corrected chi connectivity index (χ3v) is 4.75. The van der Waals surface area contributed by atoms with Gasteiger partial charge in [-0.3, -0.25) is 4.79 Å². The first-order valence-corrected chi connectivity index (χ1v) is 8.83. The van der Waals surface area contributed by atoms with Crippen molar-refractivity contribution in [2.45, 2.75) is 31.4 Å². The van der Waals surface area contributed by atoms with Gasteiger partial charge in [0.1, 0.15) is 0 Å². The van der Waals surface area contributed by atoms with Crippen molar-refractivity contribution in [3.05, 3.63) is 65.5 Å². The Kier molecular flexibility index (Phi) is 4.62. The maximum atomic E-state index is 12.6. The molecule has 144 valence electrons. The first-order valence-electron chi connectivity index (χ1n) is 8.83. The predicted molar refractivity (Wildman–Crippen MR) is 95.7 cm³/mol. The molecule has 0 saturated heterocycles. The Hall–Kier alpha value is -3.16. The fourth-order valence-corrected chi connectivity index (χ4v) is 2.92. The second-order valence-electron chi connectivity index (χ2n) is 6.69. The minimum atomic E-state index is -4.42. The summed E-state index contributed by atoms with van der Waals surface area (Å²) >= 11 is 0. The molecule has 1 aliphatic rings. The van der Waals surface area contributed by atoms with Crippen LogP contribution in [0, 0.1) is 0 Å². The van der Waals surface area contributed by atoms with E-state index in [9.17, 15) is 18.0 Å². The maximum absolute atomic E-state index is 12.6. The molecule has 5 nitrogen and oxygen atoms in total. The van der Waals surface area contributed by atoms with Crippen LogP contribution in [-0.2, 0) is 6.18 Å². The quantitative estimate of drug-likeness (QED) is 0.662. The average molecular weight is 387 g/mol. The van der Waals surface area contributed by atoms with E-state index in [0.29, 0.717) is 28.8 Å². The largest absolute Gasteiger partial charge is 0.416 e. The van der Waals surface area contributed by atoms with Crippen molar-refractivity contribution in [2.75, 3.05) is 5.32 Å². The third-order valence-electron chi connectivity index (χ3n) is 4.75. The standard InChI is InChI=1S/C20H16F3N3O2/c21-20(22,23)15-7-9-16(10-8-15)24-18(27)14-6-2-5-13(11-14)17-25-19(28-26-17)12-3-1-4-12/h2,5-12H,1,3-4H2,(H,24,27). The van der Waals surface area contributed by atoms with Gasteiger partial charge in [0, 0.05) is 22.7 Å². The number of amides is 1. The molecule has 1 aliphatic carbocycles. The lowest BCUT2D eigenvalue weighted by Gasteiger charge is -2.20. The Morgan fingerprint density at radius 3 is 2.50 bits per heavy atom. The molecule has 1 N–H and O–H groups in total. The summed E-state index contributed by atoms with van der Waals surface area (Å²) in [5.41, 5.74) is 0.476. The lowest BCUT2D eigenvalue weighted by atomic mass is 9.85. The second kappa shape index (κ2) is 7.10. The van der Waals surface area contributed by atoms with E-state index in [0.717, 1.165) is 31.4 Å². The highest BCUT2D eigenvalue weighted by Gasteiger charge is 2.30. The van der Waals surface area contributed by atoms with Gasteiger partial charge in [-0.25, -0.2) is 0 Å². The summed E-state index contributed by atoms with van der Waals surface area (Å²) in [4.78, 5) is 16.9. The van der Waals surface area contributed by atoms with Gasteiger partial charge in [0.25, 0.3) is 5.91 Å². The van der Waals surface area contributed by atoms with Crippen molar-refractivity contribution >= 4 is 11.6 Å². The van der Waals surface area contributed by atoms with Gasteiger partial charge in [0.2, 0.25) is 11.7 Å². The molecule has 1 aromatic heterocycles. The van der Waals surface area contributed by atoms with Crippen LogP contribution in [0.25, 0.3) is 11.4 Å². The number of benzene rings is 2. The van der Waals surface area contributed by atoms with Crippen molar-refractivity contribution in [2.24, 2.45) is 0 Å². The number of anilines is 1. The fourth-order valence-electron chi connectivity index (χ4n) is 2.92. The minimum Gasteiger partial charge on any atom is -0.339 e. The predicted octanol–water partition coefficient (Wildman–Crippen LogP) is 5.28. The number of nitrogens with one attached hydrogen (secondary N) is 1. The lowest BCUT2D eigenvalue weighted by molar-refractivity contribution is -0.137. The maximum Gasteiger partial charge on any atom is 0.416 e. The zero-order valence-corrected chi connectivity index (χ0v) is 14.7. The highest BCUT2D eigenvalue weighted by Crippen LogP contribution is 2.36. The summed E-state index contributed by atoms with van der Waals surface area (Å²) in [6.07, 6.45) is -1.18. The number of carbonyl (C=O) groups is 1. The Labute approximate surface area is 158 Å². The van der Waals surface area contributed by atoms with E-state index >= 15 is 0 Å². The van der Waals surface area contributed by atoms with Gasteiger partial charge in [0.15, 0.2) is 0 Å². The molecule has 0 aliphatic heterocycles. The number of rotatable bonds is 4. The van der Waals surface area contributed by atoms with E-state index in [1.165, 1.54) is 12.1 Å².